The number of H-pyrrole nitrogens is 1. The zero-order valence-electron chi connectivity index (χ0n) is 13.0. The molecule has 22 heavy (non-hydrogen) atoms. The van der Waals surface area contributed by atoms with Gasteiger partial charge < -0.3 is 4.98 Å². The lowest BCUT2D eigenvalue weighted by atomic mass is 10.0. The summed E-state index contributed by atoms with van der Waals surface area (Å²) in [5, 5.41) is 0. The molecular weight excluding hydrogens is 279 g/mol. The predicted octanol–water partition coefficient (Wildman–Crippen LogP) is 2.65. The van der Waals surface area contributed by atoms with Gasteiger partial charge in [-0.25, -0.2) is 9.37 Å². The summed E-state index contributed by atoms with van der Waals surface area (Å²) < 4.78 is 13.8. The van der Waals surface area contributed by atoms with Gasteiger partial charge in [-0.05, 0) is 32.5 Å². The number of likely N-dealkylation sites (tertiary alicyclic amines) is 1. The molecule has 5 heteroatoms. The first kappa shape index (κ1) is 15.2. The van der Waals surface area contributed by atoms with Crippen LogP contribution >= 0.6 is 0 Å². The lowest BCUT2D eigenvalue weighted by Gasteiger charge is -2.37. The Balaban J connectivity index is 1.58. The molecule has 1 fully saturated rings. The fourth-order valence-corrected chi connectivity index (χ4v) is 3.15. The lowest BCUT2D eigenvalue weighted by Crippen LogP contribution is -2.46. The minimum atomic E-state index is -0.103. The summed E-state index contributed by atoms with van der Waals surface area (Å²) in [6, 6.07) is 7.56. The maximum absolute atomic E-state index is 13.8. The fourth-order valence-electron chi connectivity index (χ4n) is 3.15. The molecule has 0 bridgehead atoms. The number of halogens is 1. The second-order valence-electron chi connectivity index (χ2n) is 6.07. The largest absolute Gasteiger partial charge is 0.348 e. The Morgan fingerprint density at radius 1 is 1.41 bits per heavy atom. The number of nitrogens with one attached hydrogen (secondary N) is 1. The molecule has 1 aliphatic rings. The quantitative estimate of drug-likeness (QED) is 0.922. The number of hydrogen-bond acceptors (Lipinski definition) is 3. The standard InChI is InChI=1S/C17H23FN4/c1-21(13-17-19-8-9-20-17)15-6-4-10-22(12-15)11-14-5-2-3-7-16(14)18/h2-3,5,7-9,15H,4,6,10-13H2,1H3,(H,19,20). The molecule has 1 N–H and O–H groups in total. The highest BCUT2D eigenvalue weighted by molar-refractivity contribution is 5.17. The highest BCUT2D eigenvalue weighted by atomic mass is 19.1. The Bertz CT molecular complexity index is 584. The van der Waals surface area contributed by atoms with Crippen LogP contribution in [0.25, 0.3) is 0 Å². The minimum Gasteiger partial charge on any atom is -0.348 e. The van der Waals surface area contributed by atoms with Crippen LogP contribution in [-0.2, 0) is 13.1 Å². The maximum Gasteiger partial charge on any atom is 0.127 e. The summed E-state index contributed by atoms with van der Waals surface area (Å²) in [6.45, 7) is 3.54. The number of aromatic nitrogens is 2. The van der Waals surface area contributed by atoms with Crippen molar-refractivity contribution >= 4 is 0 Å². The summed E-state index contributed by atoms with van der Waals surface area (Å²) in [7, 11) is 2.14. The third kappa shape index (κ3) is 3.72. The molecule has 0 spiro atoms. The first-order valence-electron chi connectivity index (χ1n) is 7.86. The van der Waals surface area contributed by atoms with Crippen LogP contribution in [0.15, 0.2) is 36.7 Å². The van der Waals surface area contributed by atoms with E-state index in [1.54, 1.807) is 18.3 Å². The molecule has 1 atom stereocenters. The number of likely N-dealkylation sites (N-methyl/N-ethyl adjacent to an activating group) is 1. The molecule has 2 aromatic rings. The van der Waals surface area contributed by atoms with Crippen LogP contribution in [0.4, 0.5) is 4.39 Å². The maximum atomic E-state index is 13.8. The van der Waals surface area contributed by atoms with Gasteiger partial charge in [0.1, 0.15) is 11.6 Å². The van der Waals surface area contributed by atoms with E-state index in [4.69, 9.17) is 0 Å². The van der Waals surface area contributed by atoms with E-state index in [2.05, 4.69) is 26.8 Å². The van der Waals surface area contributed by atoms with E-state index in [1.807, 2.05) is 18.3 Å². The Kier molecular flexibility index (Phi) is 4.85. The highest BCUT2D eigenvalue weighted by Gasteiger charge is 2.24. The summed E-state index contributed by atoms with van der Waals surface area (Å²) in [4.78, 5) is 12.1. The topological polar surface area (TPSA) is 35.2 Å². The van der Waals surface area contributed by atoms with Gasteiger partial charge in [0.15, 0.2) is 0 Å². The van der Waals surface area contributed by atoms with Crippen molar-refractivity contribution in [3.63, 3.8) is 0 Å². The number of nitrogens with zero attached hydrogens (tertiary/aromatic N) is 3. The van der Waals surface area contributed by atoms with E-state index in [0.717, 1.165) is 37.4 Å². The van der Waals surface area contributed by atoms with Gasteiger partial charge in [0.05, 0.1) is 6.54 Å². The number of hydrogen-bond donors (Lipinski definition) is 1. The average Bonchev–Trinajstić information content (AvgIpc) is 3.03. The summed E-state index contributed by atoms with van der Waals surface area (Å²) in [5.41, 5.74) is 0.789. The monoisotopic (exact) mass is 302 g/mol. The Morgan fingerprint density at radius 2 is 2.27 bits per heavy atom. The Hall–Kier alpha value is -1.72. The second-order valence-corrected chi connectivity index (χ2v) is 6.07. The van der Waals surface area contributed by atoms with Crippen molar-refractivity contribution in [1.29, 1.82) is 0 Å². The molecule has 1 aromatic heterocycles. The van der Waals surface area contributed by atoms with E-state index in [-0.39, 0.29) is 5.82 Å². The van der Waals surface area contributed by atoms with Crippen LogP contribution in [0.5, 0.6) is 0 Å². The van der Waals surface area contributed by atoms with Crippen molar-refractivity contribution in [3.8, 4) is 0 Å². The first-order valence-corrected chi connectivity index (χ1v) is 7.86. The normalized spacial score (nSPS) is 19.7. The van der Waals surface area contributed by atoms with Crippen molar-refractivity contribution in [3.05, 3.63) is 53.9 Å². The van der Waals surface area contributed by atoms with E-state index in [0.29, 0.717) is 12.6 Å². The second kappa shape index (κ2) is 7.03. The summed E-state index contributed by atoms with van der Waals surface area (Å²) in [6.07, 6.45) is 5.98. The van der Waals surface area contributed by atoms with Crippen LogP contribution in [0.2, 0.25) is 0 Å². The molecule has 1 aromatic carbocycles. The number of rotatable bonds is 5. The number of piperidine rings is 1. The van der Waals surface area contributed by atoms with E-state index in [1.165, 1.54) is 6.42 Å². The minimum absolute atomic E-state index is 0.103. The zero-order valence-corrected chi connectivity index (χ0v) is 13.0. The molecule has 4 nitrogen and oxygen atoms in total. The summed E-state index contributed by atoms with van der Waals surface area (Å²) in [5.74, 6) is 0.891. The van der Waals surface area contributed by atoms with Gasteiger partial charge in [-0.1, -0.05) is 18.2 Å². The molecule has 3 rings (SSSR count). The molecule has 0 saturated carbocycles. The molecule has 1 saturated heterocycles. The third-order valence-electron chi connectivity index (χ3n) is 4.41. The number of imidazole rings is 1. The van der Waals surface area contributed by atoms with Gasteiger partial charge in [0.2, 0.25) is 0 Å². The highest BCUT2D eigenvalue weighted by Crippen LogP contribution is 2.19. The Labute approximate surface area is 131 Å². The van der Waals surface area contributed by atoms with Gasteiger partial charge >= 0.3 is 0 Å². The summed E-state index contributed by atoms with van der Waals surface area (Å²) >= 11 is 0. The van der Waals surface area contributed by atoms with Crippen LogP contribution in [0, 0.1) is 5.82 Å². The SMILES string of the molecule is CN(Cc1ncc[nH]1)C1CCCN(Cc2ccccc2F)C1. The van der Waals surface area contributed by atoms with E-state index in [9.17, 15) is 4.39 Å². The zero-order chi connectivity index (χ0) is 15.4. The van der Waals surface area contributed by atoms with E-state index >= 15 is 0 Å². The van der Waals surface area contributed by atoms with Gasteiger partial charge in [-0.2, -0.15) is 0 Å². The van der Waals surface area contributed by atoms with Gasteiger partial charge in [0.25, 0.3) is 0 Å². The number of benzene rings is 1. The van der Waals surface area contributed by atoms with E-state index < -0.39 is 0 Å². The molecule has 118 valence electrons. The predicted molar refractivity (Wildman–Crippen MR) is 84.8 cm³/mol. The molecule has 1 unspecified atom stereocenters. The third-order valence-corrected chi connectivity index (χ3v) is 4.41. The van der Waals surface area contributed by atoms with Crippen LogP contribution in [-0.4, -0.2) is 45.9 Å². The molecule has 0 radical (unpaired) electrons. The molecular formula is C17H23FN4. The van der Waals surface area contributed by atoms with Crippen molar-refractivity contribution in [2.75, 3.05) is 20.1 Å². The molecule has 2 heterocycles. The van der Waals surface area contributed by atoms with Crippen molar-refractivity contribution in [2.24, 2.45) is 0 Å². The van der Waals surface area contributed by atoms with Crippen LogP contribution in [0.1, 0.15) is 24.2 Å². The van der Waals surface area contributed by atoms with Crippen molar-refractivity contribution < 1.29 is 4.39 Å². The number of aromatic amines is 1. The van der Waals surface area contributed by atoms with Crippen molar-refractivity contribution in [1.82, 2.24) is 19.8 Å². The first-order chi connectivity index (χ1) is 10.7. The lowest BCUT2D eigenvalue weighted by molar-refractivity contribution is 0.105. The van der Waals surface area contributed by atoms with Crippen molar-refractivity contribution in [2.45, 2.75) is 32.0 Å². The van der Waals surface area contributed by atoms with Gasteiger partial charge in [-0.15, -0.1) is 0 Å². The molecule has 0 amide bonds. The van der Waals surface area contributed by atoms with Gasteiger partial charge in [0, 0.05) is 37.1 Å². The smallest absolute Gasteiger partial charge is 0.127 e. The molecule has 0 aliphatic carbocycles. The van der Waals surface area contributed by atoms with Crippen LogP contribution in [0.3, 0.4) is 0 Å². The molecule has 1 aliphatic heterocycles. The van der Waals surface area contributed by atoms with Crippen LogP contribution < -0.4 is 0 Å². The average molecular weight is 302 g/mol. The van der Waals surface area contributed by atoms with Gasteiger partial charge in [-0.3, -0.25) is 9.80 Å². The Morgan fingerprint density at radius 3 is 3.05 bits per heavy atom. The fraction of sp³-hybridized carbons (Fsp3) is 0.471.